The van der Waals surface area contributed by atoms with Crippen molar-refractivity contribution in [1.82, 2.24) is 19.7 Å². The van der Waals surface area contributed by atoms with Crippen LogP contribution in [0.4, 0.5) is 5.82 Å². The van der Waals surface area contributed by atoms with Gasteiger partial charge in [0, 0.05) is 13.6 Å². The molecule has 2 aromatic rings. The number of anilines is 1. The van der Waals surface area contributed by atoms with Crippen molar-refractivity contribution in [2.24, 2.45) is 7.05 Å². The second-order valence-corrected chi connectivity index (χ2v) is 4.00. The Hall–Kier alpha value is -2.11. The zero-order valence-electron chi connectivity index (χ0n) is 11.1. The molecule has 18 heavy (non-hydrogen) atoms. The highest BCUT2D eigenvalue weighted by Gasteiger charge is 2.12. The molecule has 6 nitrogen and oxygen atoms in total. The summed E-state index contributed by atoms with van der Waals surface area (Å²) in [4.78, 5) is 8.40. The molecule has 0 aliphatic heterocycles. The van der Waals surface area contributed by atoms with Crippen LogP contribution >= 0.6 is 0 Å². The van der Waals surface area contributed by atoms with Crippen molar-refractivity contribution in [3.05, 3.63) is 23.8 Å². The average Bonchev–Trinajstić information content (AvgIpc) is 2.57. The maximum atomic E-state index is 5.75. The molecule has 6 heteroatoms. The molecule has 0 radical (unpaired) electrons. The minimum absolute atomic E-state index is 0.465. The van der Waals surface area contributed by atoms with Crippen molar-refractivity contribution in [1.29, 1.82) is 0 Å². The highest BCUT2D eigenvalue weighted by molar-refractivity contribution is 5.37. The van der Waals surface area contributed by atoms with E-state index in [1.807, 2.05) is 27.8 Å². The largest absolute Gasteiger partial charge is 0.434 e. The number of ether oxygens (including phenoxy) is 1. The van der Waals surface area contributed by atoms with E-state index < -0.39 is 0 Å². The zero-order valence-corrected chi connectivity index (χ0v) is 11.1. The molecule has 0 amide bonds. The van der Waals surface area contributed by atoms with Crippen molar-refractivity contribution in [3.8, 4) is 11.6 Å². The number of hydrogen-bond donors (Lipinski definition) is 1. The number of rotatable bonds is 4. The van der Waals surface area contributed by atoms with E-state index in [-0.39, 0.29) is 0 Å². The minimum Gasteiger partial charge on any atom is -0.434 e. The third kappa shape index (κ3) is 2.42. The Morgan fingerprint density at radius 1 is 1.33 bits per heavy atom. The fraction of sp³-hybridized carbons (Fsp3) is 0.417. The SMILES string of the molecule is CCNc1cncc(Oc2c(C)nn(C)c2C)n1. The fourth-order valence-electron chi connectivity index (χ4n) is 1.67. The van der Waals surface area contributed by atoms with E-state index in [0.717, 1.165) is 23.7 Å². The molecule has 0 spiro atoms. The molecule has 0 bridgehead atoms. The maximum Gasteiger partial charge on any atom is 0.239 e. The van der Waals surface area contributed by atoms with Crippen LogP contribution in [0.5, 0.6) is 11.6 Å². The number of nitrogens with one attached hydrogen (secondary N) is 1. The van der Waals surface area contributed by atoms with Gasteiger partial charge in [0.15, 0.2) is 5.75 Å². The summed E-state index contributed by atoms with van der Waals surface area (Å²) in [5, 5.41) is 7.39. The van der Waals surface area contributed by atoms with Crippen molar-refractivity contribution >= 4 is 5.82 Å². The second-order valence-electron chi connectivity index (χ2n) is 4.00. The van der Waals surface area contributed by atoms with Crippen molar-refractivity contribution < 1.29 is 4.74 Å². The highest BCUT2D eigenvalue weighted by atomic mass is 16.5. The first-order valence-corrected chi connectivity index (χ1v) is 5.85. The van der Waals surface area contributed by atoms with E-state index in [4.69, 9.17) is 4.74 Å². The predicted octanol–water partition coefficient (Wildman–Crippen LogP) is 2.05. The van der Waals surface area contributed by atoms with Crippen LogP contribution in [0.25, 0.3) is 0 Å². The summed E-state index contributed by atoms with van der Waals surface area (Å²) in [6, 6.07) is 0. The van der Waals surface area contributed by atoms with Crippen LogP contribution in [0, 0.1) is 13.8 Å². The number of hydrogen-bond acceptors (Lipinski definition) is 5. The van der Waals surface area contributed by atoms with Crippen LogP contribution in [0.3, 0.4) is 0 Å². The molecular formula is C12H17N5O. The minimum atomic E-state index is 0.465. The van der Waals surface area contributed by atoms with Crippen LogP contribution in [0.1, 0.15) is 18.3 Å². The Labute approximate surface area is 106 Å². The standard InChI is InChI=1S/C12H17N5O/c1-5-14-10-6-13-7-11(15-10)18-12-8(2)16-17(4)9(12)3/h6-7H,5H2,1-4H3,(H,14,15). The van der Waals surface area contributed by atoms with Gasteiger partial charge >= 0.3 is 0 Å². The van der Waals surface area contributed by atoms with Crippen LogP contribution in [-0.2, 0) is 7.05 Å². The first-order chi connectivity index (χ1) is 8.61. The number of nitrogens with zero attached hydrogens (tertiary/aromatic N) is 4. The van der Waals surface area contributed by atoms with Gasteiger partial charge in [0.05, 0.1) is 18.1 Å². The van der Waals surface area contributed by atoms with Gasteiger partial charge in [0.25, 0.3) is 0 Å². The van der Waals surface area contributed by atoms with Gasteiger partial charge in [-0.1, -0.05) is 0 Å². The van der Waals surface area contributed by atoms with Gasteiger partial charge in [-0.25, -0.2) is 0 Å². The molecule has 0 saturated heterocycles. The molecule has 2 heterocycles. The summed E-state index contributed by atoms with van der Waals surface area (Å²) in [7, 11) is 1.88. The fourth-order valence-corrected chi connectivity index (χ4v) is 1.67. The van der Waals surface area contributed by atoms with Gasteiger partial charge in [-0.3, -0.25) is 9.67 Å². The predicted molar refractivity (Wildman–Crippen MR) is 69.0 cm³/mol. The smallest absolute Gasteiger partial charge is 0.239 e. The third-order valence-electron chi connectivity index (χ3n) is 2.62. The Kier molecular flexibility index (Phi) is 3.45. The first-order valence-electron chi connectivity index (χ1n) is 5.85. The van der Waals surface area contributed by atoms with Gasteiger partial charge < -0.3 is 10.1 Å². The van der Waals surface area contributed by atoms with Gasteiger partial charge in [-0.2, -0.15) is 10.1 Å². The van der Waals surface area contributed by atoms with Crippen molar-refractivity contribution in [2.75, 3.05) is 11.9 Å². The summed E-state index contributed by atoms with van der Waals surface area (Å²) in [6.07, 6.45) is 3.26. The molecule has 2 aromatic heterocycles. The monoisotopic (exact) mass is 247 g/mol. The number of aromatic nitrogens is 4. The summed E-state index contributed by atoms with van der Waals surface area (Å²) in [6.45, 7) is 6.66. The molecular weight excluding hydrogens is 230 g/mol. The molecule has 96 valence electrons. The summed E-state index contributed by atoms with van der Waals surface area (Å²) < 4.78 is 7.53. The lowest BCUT2D eigenvalue weighted by Gasteiger charge is -2.06. The van der Waals surface area contributed by atoms with E-state index in [2.05, 4.69) is 20.4 Å². The van der Waals surface area contributed by atoms with Crippen LogP contribution < -0.4 is 10.1 Å². The summed E-state index contributed by atoms with van der Waals surface area (Å²) in [5.41, 5.74) is 1.80. The Bertz CT molecular complexity index is 549. The van der Waals surface area contributed by atoms with Crippen molar-refractivity contribution in [3.63, 3.8) is 0 Å². The third-order valence-corrected chi connectivity index (χ3v) is 2.62. The summed E-state index contributed by atoms with van der Waals surface area (Å²) in [5.74, 6) is 1.90. The molecule has 0 aliphatic carbocycles. The number of aryl methyl sites for hydroxylation is 2. The maximum absolute atomic E-state index is 5.75. The van der Waals surface area contributed by atoms with E-state index in [9.17, 15) is 0 Å². The molecule has 0 aliphatic rings. The topological polar surface area (TPSA) is 64.9 Å². The van der Waals surface area contributed by atoms with E-state index >= 15 is 0 Å². The highest BCUT2D eigenvalue weighted by Crippen LogP contribution is 2.26. The second kappa shape index (κ2) is 5.03. The normalized spacial score (nSPS) is 10.4. The van der Waals surface area contributed by atoms with Crippen LogP contribution in [-0.4, -0.2) is 26.3 Å². The van der Waals surface area contributed by atoms with Gasteiger partial charge in [-0.15, -0.1) is 0 Å². The Morgan fingerprint density at radius 2 is 2.11 bits per heavy atom. The quantitative estimate of drug-likeness (QED) is 0.895. The van der Waals surface area contributed by atoms with Gasteiger partial charge in [0.1, 0.15) is 11.5 Å². The van der Waals surface area contributed by atoms with E-state index in [0.29, 0.717) is 11.7 Å². The van der Waals surface area contributed by atoms with E-state index in [1.165, 1.54) is 0 Å². The molecule has 1 N–H and O–H groups in total. The van der Waals surface area contributed by atoms with Gasteiger partial charge in [0.2, 0.25) is 5.88 Å². The molecule has 0 fully saturated rings. The molecule has 0 aromatic carbocycles. The van der Waals surface area contributed by atoms with Crippen LogP contribution in [0.2, 0.25) is 0 Å². The molecule has 0 unspecified atom stereocenters. The summed E-state index contributed by atoms with van der Waals surface area (Å²) >= 11 is 0. The average molecular weight is 247 g/mol. The van der Waals surface area contributed by atoms with Gasteiger partial charge in [-0.05, 0) is 20.8 Å². The molecule has 2 rings (SSSR count). The lowest BCUT2D eigenvalue weighted by atomic mass is 10.3. The zero-order chi connectivity index (χ0) is 13.1. The first kappa shape index (κ1) is 12.3. The lowest BCUT2D eigenvalue weighted by Crippen LogP contribution is -2.01. The Morgan fingerprint density at radius 3 is 2.72 bits per heavy atom. The lowest BCUT2D eigenvalue weighted by molar-refractivity contribution is 0.453. The van der Waals surface area contributed by atoms with Crippen molar-refractivity contribution in [2.45, 2.75) is 20.8 Å². The van der Waals surface area contributed by atoms with E-state index in [1.54, 1.807) is 17.1 Å². The van der Waals surface area contributed by atoms with Crippen LogP contribution in [0.15, 0.2) is 12.4 Å². The Balaban J connectivity index is 2.25. The molecule has 0 atom stereocenters. The molecule has 0 saturated carbocycles.